The van der Waals surface area contributed by atoms with Crippen molar-refractivity contribution in [3.05, 3.63) is 42.0 Å². The van der Waals surface area contributed by atoms with E-state index in [1.54, 1.807) is 24.0 Å². The molecule has 4 rings (SSSR count). The van der Waals surface area contributed by atoms with E-state index in [2.05, 4.69) is 6.92 Å². The van der Waals surface area contributed by atoms with Crippen LogP contribution in [0.2, 0.25) is 0 Å². The second-order valence-electron chi connectivity index (χ2n) is 8.25. The van der Waals surface area contributed by atoms with E-state index < -0.39 is 17.9 Å². The van der Waals surface area contributed by atoms with Gasteiger partial charge in [0.05, 0.1) is 45.0 Å². The number of nitrogens with zero attached hydrogens (tertiary/aromatic N) is 3. The smallest absolute Gasteiger partial charge is 0.321 e. The van der Waals surface area contributed by atoms with E-state index in [1.807, 2.05) is 28.8 Å². The Morgan fingerprint density at radius 2 is 1.71 bits per heavy atom. The molecule has 0 saturated carbocycles. The van der Waals surface area contributed by atoms with Gasteiger partial charge in [0.1, 0.15) is 0 Å². The summed E-state index contributed by atoms with van der Waals surface area (Å²) in [7, 11) is 4.58. The first-order valence-corrected chi connectivity index (χ1v) is 11.7. The molecule has 0 N–H and O–H groups in total. The van der Waals surface area contributed by atoms with Crippen LogP contribution in [0, 0.1) is 5.92 Å². The van der Waals surface area contributed by atoms with E-state index in [0.29, 0.717) is 35.3 Å². The van der Waals surface area contributed by atoms with Crippen molar-refractivity contribution in [3.8, 4) is 17.2 Å². The summed E-state index contributed by atoms with van der Waals surface area (Å²) in [6.45, 7) is 4.40. The number of methoxy groups -OCH3 is 3. The Hall–Kier alpha value is -3.75. The summed E-state index contributed by atoms with van der Waals surface area (Å²) >= 11 is 0. The number of benzene rings is 2. The van der Waals surface area contributed by atoms with Crippen LogP contribution in [0.3, 0.4) is 0 Å². The molecular formula is C26H31N3O6. The molecule has 0 saturated heterocycles. The van der Waals surface area contributed by atoms with Crippen molar-refractivity contribution in [2.24, 2.45) is 5.92 Å². The highest BCUT2D eigenvalue weighted by atomic mass is 16.5. The van der Waals surface area contributed by atoms with Crippen molar-refractivity contribution >= 4 is 28.9 Å². The molecule has 1 aliphatic heterocycles. The van der Waals surface area contributed by atoms with Gasteiger partial charge in [0.25, 0.3) is 0 Å². The second-order valence-corrected chi connectivity index (χ2v) is 8.25. The number of para-hydroxylation sites is 2. The van der Waals surface area contributed by atoms with Gasteiger partial charge in [-0.25, -0.2) is 4.98 Å². The molecule has 35 heavy (non-hydrogen) atoms. The average Bonchev–Trinajstić information content (AvgIpc) is 3.25. The molecule has 2 atom stereocenters. The first kappa shape index (κ1) is 24.4. The number of rotatable bonds is 9. The van der Waals surface area contributed by atoms with Gasteiger partial charge in [-0.2, -0.15) is 0 Å². The summed E-state index contributed by atoms with van der Waals surface area (Å²) in [5, 5.41) is 0. The lowest BCUT2D eigenvalue weighted by Crippen LogP contribution is -2.50. The molecule has 0 fully saturated rings. The van der Waals surface area contributed by atoms with Crippen LogP contribution in [0.25, 0.3) is 11.0 Å². The quantitative estimate of drug-likeness (QED) is 0.337. The van der Waals surface area contributed by atoms with Gasteiger partial charge in [-0.3, -0.25) is 14.5 Å². The molecule has 0 unspecified atom stereocenters. The number of hydrogen-bond acceptors (Lipinski definition) is 7. The zero-order valence-corrected chi connectivity index (χ0v) is 20.7. The molecule has 2 aromatic carbocycles. The van der Waals surface area contributed by atoms with Gasteiger partial charge in [-0.05, 0) is 43.2 Å². The molecule has 9 nitrogen and oxygen atoms in total. The molecule has 186 valence electrons. The monoisotopic (exact) mass is 481 g/mol. The average molecular weight is 482 g/mol. The van der Waals surface area contributed by atoms with Gasteiger partial charge in [0.15, 0.2) is 17.4 Å². The van der Waals surface area contributed by atoms with Crippen molar-refractivity contribution in [2.75, 3.05) is 39.4 Å². The molecule has 0 spiro atoms. The number of fused-ring (bicyclic) bond motifs is 3. The summed E-state index contributed by atoms with van der Waals surface area (Å²) in [4.78, 5) is 33.6. The van der Waals surface area contributed by atoms with Crippen LogP contribution in [-0.4, -0.2) is 55.9 Å². The SMILES string of the molecule is CCCCN1C(=O)[C@H](C(=O)OCC)[C@@H](c2cc(OC)c(OC)c(OC)c2)n2c1nc1ccccc12. The van der Waals surface area contributed by atoms with Crippen molar-refractivity contribution in [1.82, 2.24) is 9.55 Å². The fourth-order valence-electron chi connectivity index (χ4n) is 4.65. The van der Waals surface area contributed by atoms with Gasteiger partial charge < -0.3 is 23.5 Å². The molecular weight excluding hydrogens is 450 g/mol. The lowest BCUT2D eigenvalue weighted by molar-refractivity contribution is -0.153. The van der Waals surface area contributed by atoms with Gasteiger partial charge in [-0.1, -0.05) is 25.5 Å². The van der Waals surface area contributed by atoms with E-state index in [9.17, 15) is 9.59 Å². The van der Waals surface area contributed by atoms with Gasteiger partial charge in [0, 0.05) is 6.54 Å². The lowest BCUT2D eigenvalue weighted by atomic mass is 9.89. The Bertz CT molecular complexity index is 1210. The van der Waals surface area contributed by atoms with Crippen LogP contribution in [0.4, 0.5) is 5.95 Å². The molecule has 2 heterocycles. The summed E-state index contributed by atoms with van der Waals surface area (Å²) in [5.74, 6) is -0.246. The molecule has 1 aliphatic rings. The molecule has 1 aromatic heterocycles. The fraction of sp³-hybridized carbons (Fsp3) is 0.423. The molecule has 9 heteroatoms. The fourth-order valence-corrected chi connectivity index (χ4v) is 4.65. The van der Waals surface area contributed by atoms with E-state index in [-0.39, 0.29) is 12.5 Å². The topological polar surface area (TPSA) is 92.1 Å². The number of hydrogen-bond donors (Lipinski definition) is 0. The number of carbonyl (C=O) groups is 2. The molecule has 1 amide bonds. The number of esters is 1. The number of carbonyl (C=O) groups excluding carboxylic acids is 2. The summed E-state index contributed by atoms with van der Waals surface area (Å²) in [6.07, 6.45) is 1.67. The Morgan fingerprint density at radius 3 is 2.31 bits per heavy atom. The van der Waals surface area contributed by atoms with Gasteiger partial charge in [-0.15, -0.1) is 0 Å². The van der Waals surface area contributed by atoms with Crippen LogP contribution in [0.5, 0.6) is 17.2 Å². The zero-order valence-electron chi connectivity index (χ0n) is 20.7. The largest absolute Gasteiger partial charge is 0.493 e. The minimum Gasteiger partial charge on any atom is -0.493 e. The van der Waals surface area contributed by atoms with Crippen molar-refractivity contribution in [1.29, 1.82) is 0 Å². The third-order valence-electron chi connectivity index (χ3n) is 6.25. The van der Waals surface area contributed by atoms with Crippen LogP contribution in [-0.2, 0) is 14.3 Å². The third kappa shape index (κ3) is 4.15. The van der Waals surface area contributed by atoms with Gasteiger partial charge in [0.2, 0.25) is 17.6 Å². The molecule has 3 aromatic rings. The van der Waals surface area contributed by atoms with E-state index in [1.165, 1.54) is 21.3 Å². The second kappa shape index (κ2) is 10.2. The highest BCUT2D eigenvalue weighted by Gasteiger charge is 2.48. The van der Waals surface area contributed by atoms with Crippen LogP contribution < -0.4 is 19.1 Å². The molecule has 0 bridgehead atoms. The first-order chi connectivity index (χ1) is 17.0. The van der Waals surface area contributed by atoms with E-state index in [4.69, 9.17) is 23.9 Å². The van der Waals surface area contributed by atoms with Crippen LogP contribution in [0.15, 0.2) is 36.4 Å². The Labute approximate surface area is 204 Å². The number of anilines is 1. The number of imidazole rings is 1. The standard InChI is InChI=1S/C26H31N3O6/c1-6-8-13-28-24(30)21(25(31)35-7-2)22(29-18-12-10-9-11-17(18)27-26(28)29)16-14-19(32-3)23(34-5)20(15-16)33-4/h9-12,14-15,21-22H,6-8,13H2,1-5H3/t21-,22-/m1/s1. The normalized spacial score (nSPS) is 17.3. The highest BCUT2D eigenvalue weighted by molar-refractivity contribution is 6.08. The number of unbranched alkanes of at least 4 members (excludes halogenated alkanes) is 1. The minimum atomic E-state index is -1.11. The number of ether oxygens (including phenoxy) is 4. The summed E-state index contributed by atoms with van der Waals surface area (Å²) in [5.41, 5.74) is 2.19. The van der Waals surface area contributed by atoms with Crippen molar-refractivity contribution in [3.63, 3.8) is 0 Å². The highest BCUT2D eigenvalue weighted by Crippen LogP contribution is 2.46. The Kier molecular flexibility index (Phi) is 7.14. The Morgan fingerprint density at radius 1 is 1.03 bits per heavy atom. The predicted octanol–water partition coefficient (Wildman–Crippen LogP) is 3.98. The van der Waals surface area contributed by atoms with E-state index >= 15 is 0 Å². The van der Waals surface area contributed by atoms with Crippen molar-refractivity contribution in [2.45, 2.75) is 32.7 Å². The number of amides is 1. The predicted molar refractivity (Wildman–Crippen MR) is 131 cm³/mol. The summed E-state index contributed by atoms with van der Waals surface area (Å²) < 4.78 is 24.0. The third-order valence-corrected chi connectivity index (χ3v) is 6.25. The lowest BCUT2D eigenvalue weighted by Gasteiger charge is -2.38. The summed E-state index contributed by atoms with van der Waals surface area (Å²) in [6, 6.07) is 10.5. The first-order valence-electron chi connectivity index (χ1n) is 11.7. The van der Waals surface area contributed by atoms with E-state index in [0.717, 1.165) is 23.9 Å². The molecule has 0 aliphatic carbocycles. The zero-order chi connectivity index (χ0) is 25.1. The van der Waals surface area contributed by atoms with Gasteiger partial charge >= 0.3 is 5.97 Å². The maximum absolute atomic E-state index is 13.9. The maximum Gasteiger partial charge on any atom is 0.321 e. The van der Waals surface area contributed by atoms with Crippen molar-refractivity contribution < 1.29 is 28.5 Å². The Balaban J connectivity index is 2.03. The van der Waals surface area contributed by atoms with Crippen LogP contribution >= 0.6 is 0 Å². The molecule has 0 radical (unpaired) electrons. The minimum absolute atomic E-state index is 0.164. The number of aromatic nitrogens is 2. The maximum atomic E-state index is 13.9. The van der Waals surface area contributed by atoms with Crippen LogP contribution in [0.1, 0.15) is 38.3 Å².